The summed E-state index contributed by atoms with van der Waals surface area (Å²) in [5.41, 5.74) is 7.88. The molecule has 0 spiro atoms. The van der Waals surface area contributed by atoms with Crippen molar-refractivity contribution >= 4 is 11.6 Å². The quantitative estimate of drug-likeness (QED) is 0.770. The van der Waals surface area contributed by atoms with Crippen LogP contribution in [0.2, 0.25) is 5.02 Å². The van der Waals surface area contributed by atoms with Crippen molar-refractivity contribution in [1.82, 2.24) is 0 Å². The number of benzene rings is 2. The lowest BCUT2D eigenvalue weighted by Gasteiger charge is -2.12. The second-order valence-electron chi connectivity index (χ2n) is 5.38. The summed E-state index contributed by atoms with van der Waals surface area (Å²) in [6.07, 6.45) is 0. The second kappa shape index (κ2) is 8.06. The zero-order chi connectivity index (χ0) is 15.9. The van der Waals surface area contributed by atoms with Crippen molar-refractivity contribution in [2.75, 3.05) is 13.2 Å². The van der Waals surface area contributed by atoms with Gasteiger partial charge in [0.2, 0.25) is 0 Å². The van der Waals surface area contributed by atoms with Gasteiger partial charge in [-0.05, 0) is 41.8 Å². The van der Waals surface area contributed by atoms with Crippen molar-refractivity contribution in [1.29, 1.82) is 0 Å². The molecule has 4 heteroatoms. The fraction of sp³-hybridized carbons (Fsp3) is 0.333. The van der Waals surface area contributed by atoms with Crippen LogP contribution in [-0.4, -0.2) is 13.2 Å². The minimum atomic E-state index is 0.396. The van der Waals surface area contributed by atoms with E-state index in [1.54, 1.807) is 6.07 Å². The number of rotatable bonds is 7. The van der Waals surface area contributed by atoms with E-state index >= 15 is 0 Å². The van der Waals surface area contributed by atoms with Gasteiger partial charge in [-0.3, -0.25) is 0 Å². The molecule has 0 radical (unpaired) electrons. The summed E-state index contributed by atoms with van der Waals surface area (Å²) in [6, 6.07) is 13.6. The van der Waals surface area contributed by atoms with Crippen molar-refractivity contribution in [3.63, 3.8) is 0 Å². The summed E-state index contributed by atoms with van der Waals surface area (Å²) >= 11 is 5.94. The molecular formula is C18H22ClNO2. The molecule has 0 atom stereocenters. The number of hydrogen-bond acceptors (Lipinski definition) is 3. The largest absolute Gasteiger partial charge is 0.490 e. The molecule has 0 saturated heterocycles. The predicted molar refractivity (Wildman–Crippen MR) is 90.9 cm³/mol. The molecule has 0 aliphatic heterocycles. The molecule has 0 saturated carbocycles. The minimum absolute atomic E-state index is 0.396. The van der Waals surface area contributed by atoms with Crippen LogP contribution < -0.4 is 15.2 Å². The molecule has 0 amide bonds. The Labute approximate surface area is 137 Å². The molecule has 22 heavy (non-hydrogen) atoms. The van der Waals surface area contributed by atoms with E-state index in [9.17, 15) is 0 Å². The first-order valence-corrected chi connectivity index (χ1v) is 7.82. The molecule has 2 aromatic rings. The van der Waals surface area contributed by atoms with Crippen LogP contribution in [0.25, 0.3) is 0 Å². The van der Waals surface area contributed by atoms with Gasteiger partial charge in [-0.2, -0.15) is 0 Å². The minimum Gasteiger partial charge on any atom is -0.490 e. The Morgan fingerprint density at radius 3 is 2.32 bits per heavy atom. The van der Waals surface area contributed by atoms with Crippen LogP contribution in [0.4, 0.5) is 0 Å². The Balaban J connectivity index is 1.82. The van der Waals surface area contributed by atoms with Crippen LogP contribution in [0, 0.1) is 0 Å². The van der Waals surface area contributed by atoms with Crippen molar-refractivity contribution in [2.24, 2.45) is 5.73 Å². The molecule has 0 aliphatic rings. The Hall–Kier alpha value is -1.71. The summed E-state index contributed by atoms with van der Waals surface area (Å²) in [4.78, 5) is 0. The molecule has 0 heterocycles. The lowest BCUT2D eigenvalue weighted by molar-refractivity contribution is 0.216. The van der Waals surface area contributed by atoms with Crippen molar-refractivity contribution in [3.8, 4) is 11.5 Å². The Morgan fingerprint density at radius 2 is 1.68 bits per heavy atom. The average Bonchev–Trinajstić information content (AvgIpc) is 2.53. The van der Waals surface area contributed by atoms with Crippen LogP contribution in [0.15, 0.2) is 42.5 Å². The molecule has 2 aromatic carbocycles. The molecule has 0 fully saturated rings. The van der Waals surface area contributed by atoms with Crippen molar-refractivity contribution < 1.29 is 9.47 Å². The van der Waals surface area contributed by atoms with E-state index < -0.39 is 0 Å². The summed E-state index contributed by atoms with van der Waals surface area (Å²) in [5, 5.41) is 0.661. The first kappa shape index (κ1) is 16.7. The molecule has 2 N–H and O–H groups in total. The van der Waals surface area contributed by atoms with E-state index in [2.05, 4.69) is 26.0 Å². The molecule has 118 valence electrons. The highest BCUT2D eigenvalue weighted by atomic mass is 35.5. The Kier molecular flexibility index (Phi) is 6.10. The summed E-state index contributed by atoms with van der Waals surface area (Å²) in [5.74, 6) is 2.13. The molecule has 0 unspecified atom stereocenters. The van der Waals surface area contributed by atoms with Crippen LogP contribution in [0.5, 0.6) is 11.5 Å². The maximum absolute atomic E-state index is 5.94. The monoisotopic (exact) mass is 319 g/mol. The zero-order valence-electron chi connectivity index (χ0n) is 13.0. The third kappa shape index (κ3) is 4.65. The van der Waals surface area contributed by atoms with Gasteiger partial charge >= 0.3 is 0 Å². The number of hydrogen-bond donors (Lipinski definition) is 1. The number of nitrogens with two attached hydrogens (primary N) is 1. The van der Waals surface area contributed by atoms with Crippen LogP contribution >= 0.6 is 11.6 Å². The van der Waals surface area contributed by atoms with Gasteiger partial charge in [-0.25, -0.2) is 0 Å². The topological polar surface area (TPSA) is 44.5 Å². The van der Waals surface area contributed by atoms with Crippen LogP contribution in [-0.2, 0) is 6.54 Å². The summed E-state index contributed by atoms with van der Waals surface area (Å²) < 4.78 is 11.4. The molecule has 0 bridgehead atoms. The fourth-order valence-corrected chi connectivity index (χ4v) is 2.30. The van der Waals surface area contributed by atoms with Crippen molar-refractivity contribution in [2.45, 2.75) is 26.3 Å². The predicted octanol–water partition coefficient (Wildman–Crippen LogP) is 4.38. The fourth-order valence-electron chi connectivity index (χ4n) is 2.11. The van der Waals surface area contributed by atoms with E-state index in [0.717, 1.165) is 17.1 Å². The summed E-state index contributed by atoms with van der Waals surface area (Å²) in [7, 11) is 0. The lowest BCUT2D eigenvalue weighted by Crippen LogP contribution is -2.11. The standard InChI is InChI=1S/C18H22ClNO2/c1-13(2)14-3-6-17(7-4-14)21-9-10-22-18-8-5-16(19)11-15(18)12-20/h3-8,11,13H,9-10,12,20H2,1-2H3. The smallest absolute Gasteiger partial charge is 0.124 e. The van der Waals surface area contributed by atoms with Gasteiger partial charge in [0.25, 0.3) is 0 Å². The highest BCUT2D eigenvalue weighted by Gasteiger charge is 2.04. The number of halogens is 1. The van der Waals surface area contributed by atoms with Gasteiger partial charge in [0.15, 0.2) is 0 Å². The van der Waals surface area contributed by atoms with Crippen LogP contribution in [0.3, 0.4) is 0 Å². The third-order valence-corrected chi connectivity index (χ3v) is 3.63. The van der Waals surface area contributed by atoms with E-state index in [1.807, 2.05) is 24.3 Å². The van der Waals surface area contributed by atoms with Gasteiger partial charge < -0.3 is 15.2 Å². The SMILES string of the molecule is CC(C)c1ccc(OCCOc2ccc(Cl)cc2CN)cc1. The van der Waals surface area contributed by atoms with Gasteiger partial charge in [0.1, 0.15) is 24.7 Å². The van der Waals surface area contributed by atoms with E-state index in [1.165, 1.54) is 5.56 Å². The first-order valence-electron chi connectivity index (χ1n) is 7.44. The maximum atomic E-state index is 5.94. The maximum Gasteiger partial charge on any atom is 0.124 e. The first-order chi connectivity index (χ1) is 10.6. The average molecular weight is 320 g/mol. The number of ether oxygens (including phenoxy) is 2. The van der Waals surface area contributed by atoms with Crippen molar-refractivity contribution in [3.05, 3.63) is 58.6 Å². The van der Waals surface area contributed by atoms with E-state index in [-0.39, 0.29) is 0 Å². The Bertz CT molecular complexity index is 597. The zero-order valence-corrected chi connectivity index (χ0v) is 13.8. The van der Waals surface area contributed by atoms with E-state index in [4.69, 9.17) is 26.8 Å². The highest BCUT2D eigenvalue weighted by Crippen LogP contribution is 2.22. The molecule has 0 aromatic heterocycles. The third-order valence-electron chi connectivity index (χ3n) is 3.40. The van der Waals surface area contributed by atoms with Gasteiger partial charge in [-0.15, -0.1) is 0 Å². The van der Waals surface area contributed by atoms with Crippen LogP contribution in [0.1, 0.15) is 30.9 Å². The highest BCUT2D eigenvalue weighted by molar-refractivity contribution is 6.30. The second-order valence-corrected chi connectivity index (χ2v) is 5.81. The van der Waals surface area contributed by atoms with Gasteiger partial charge in [0, 0.05) is 17.1 Å². The molecular weight excluding hydrogens is 298 g/mol. The molecule has 3 nitrogen and oxygen atoms in total. The lowest BCUT2D eigenvalue weighted by atomic mass is 10.0. The van der Waals surface area contributed by atoms with Gasteiger partial charge in [0.05, 0.1) is 0 Å². The summed E-state index contributed by atoms with van der Waals surface area (Å²) in [6.45, 7) is 5.68. The molecule has 2 rings (SSSR count). The normalized spacial score (nSPS) is 10.8. The molecule has 0 aliphatic carbocycles. The van der Waals surface area contributed by atoms with E-state index in [0.29, 0.717) is 30.7 Å². The Morgan fingerprint density at radius 1 is 1.00 bits per heavy atom. The van der Waals surface area contributed by atoms with Gasteiger partial charge in [-0.1, -0.05) is 37.6 Å².